The Kier molecular flexibility index (Phi) is 3.66. The summed E-state index contributed by atoms with van der Waals surface area (Å²) in [4.78, 5) is 11.8. The minimum Gasteiger partial charge on any atom is -0.376 e. The summed E-state index contributed by atoms with van der Waals surface area (Å²) in [5.41, 5.74) is 0.657. The van der Waals surface area contributed by atoms with E-state index >= 15 is 0 Å². The van der Waals surface area contributed by atoms with Crippen LogP contribution in [0.4, 0.5) is 0 Å². The molecule has 16 heavy (non-hydrogen) atoms. The van der Waals surface area contributed by atoms with Crippen LogP contribution in [0.3, 0.4) is 0 Å². The summed E-state index contributed by atoms with van der Waals surface area (Å²) in [5, 5.41) is 2.89. The molecule has 0 aromatic carbocycles. The first kappa shape index (κ1) is 11.7. The van der Waals surface area contributed by atoms with Crippen LogP contribution in [0.15, 0.2) is 16.7 Å². The molecule has 1 aliphatic rings. The van der Waals surface area contributed by atoms with Crippen LogP contribution in [0.2, 0.25) is 0 Å². The van der Waals surface area contributed by atoms with Crippen LogP contribution in [-0.4, -0.2) is 29.7 Å². The molecule has 4 nitrogen and oxygen atoms in total. The fourth-order valence-corrected chi connectivity index (χ4v) is 2.38. The average molecular weight is 287 g/mol. The molecule has 1 fully saturated rings. The molecule has 1 amide bonds. The van der Waals surface area contributed by atoms with Gasteiger partial charge in [-0.25, -0.2) is 0 Å². The Morgan fingerprint density at radius 1 is 1.75 bits per heavy atom. The normalized spacial score (nSPS) is 20.0. The van der Waals surface area contributed by atoms with Crippen molar-refractivity contribution in [2.24, 2.45) is 7.05 Å². The number of aryl methyl sites for hydroxylation is 1. The molecule has 2 rings (SSSR count). The molecule has 2 heterocycles. The summed E-state index contributed by atoms with van der Waals surface area (Å²) in [5.74, 6) is -0.0521. The molecular weight excluding hydrogens is 272 g/mol. The second-order valence-electron chi connectivity index (χ2n) is 4.00. The van der Waals surface area contributed by atoms with Crippen molar-refractivity contribution < 1.29 is 9.53 Å². The molecule has 0 spiro atoms. The molecule has 0 saturated carbocycles. The van der Waals surface area contributed by atoms with E-state index in [0.717, 1.165) is 23.9 Å². The third kappa shape index (κ3) is 2.65. The molecule has 1 aromatic heterocycles. The molecule has 1 atom stereocenters. The molecule has 1 aromatic rings. The summed E-state index contributed by atoms with van der Waals surface area (Å²) in [6.07, 6.45) is 4.18. The van der Waals surface area contributed by atoms with Gasteiger partial charge >= 0.3 is 0 Å². The summed E-state index contributed by atoms with van der Waals surface area (Å²) < 4.78 is 8.16. The molecule has 5 heteroatoms. The lowest BCUT2D eigenvalue weighted by molar-refractivity contribution is 0.0851. The Labute approximate surface area is 103 Å². The topological polar surface area (TPSA) is 43.3 Å². The summed E-state index contributed by atoms with van der Waals surface area (Å²) >= 11 is 3.34. The van der Waals surface area contributed by atoms with Crippen LogP contribution >= 0.6 is 15.9 Å². The minimum atomic E-state index is -0.0521. The number of carbonyl (C=O) groups excluding carboxylic acids is 1. The van der Waals surface area contributed by atoms with E-state index in [0.29, 0.717) is 12.2 Å². The number of hydrogen-bond acceptors (Lipinski definition) is 2. The molecule has 1 N–H and O–H groups in total. The Bertz CT molecular complexity index is 383. The average Bonchev–Trinajstić information content (AvgIpc) is 2.84. The van der Waals surface area contributed by atoms with Crippen molar-refractivity contribution in [3.63, 3.8) is 0 Å². The van der Waals surface area contributed by atoms with Gasteiger partial charge in [-0.2, -0.15) is 0 Å². The zero-order chi connectivity index (χ0) is 11.5. The van der Waals surface area contributed by atoms with Crippen LogP contribution < -0.4 is 5.32 Å². The van der Waals surface area contributed by atoms with Crippen LogP contribution in [-0.2, 0) is 11.8 Å². The highest BCUT2D eigenvalue weighted by atomic mass is 79.9. The van der Waals surface area contributed by atoms with E-state index < -0.39 is 0 Å². The predicted octanol–water partition coefficient (Wildman–Crippen LogP) is 1.70. The largest absolute Gasteiger partial charge is 0.376 e. The maximum Gasteiger partial charge on any atom is 0.268 e. The number of nitrogens with zero attached hydrogens (tertiary/aromatic N) is 1. The number of carbonyl (C=O) groups is 1. The molecule has 0 unspecified atom stereocenters. The summed E-state index contributed by atoms with van der Waals surface area (Å²) in [6.45, 7) is 1.41. The highest BCUT2D eigenvalue weighted by Gasteiger charge is 2.17. The van der Waals surface area contributed by atoms with Gasteiger partial charge in [-0.05, 0) is 34.8 Å². The molecule has 1 aliphatic heterocycles. The fourth-order valence-electron chi connectivity index (χ4n) is 1.85. The smallest absolute Gasteiger partial charge is 0.268 e. The Balaban J connectivity index is 1.90. The predicted molar refractivity (Wildman–Crippen MR) is 64.4 cm³/mol. The lowest BCUT2D eigenvalue weighted by atomic mass is 10.2. The summed E-state index contributed by atoms with van der Waals surface area (Å²) in [6, 6.07) is 1.81. The highest BCUT2D eigenvalue weighted by Crippen LogP contribution is 2.14. The Morgan fingerprint density at radius 2 is 2.56 bits per heavy atom. The van der Waals surface area contributed by atoms with Crippen molar-refractivity contribution >= 4 is 21.8 Å². The van der Waals surface area contributed by atoms with E-state index in [1.807, 2.05) is 19.3 Å². The first-order valence-electron chi connectivity index (χ1n) is 5.38. The number of ether oxygens (including phenoxy) is 1. The minimum absolute atomic E-state index is 0.0521. The van der Waals surface area contributed by atoms with Crippen LogP contribution in [0.1, 0.15) is 23.3 Å². The Hall–Kier alpha value is -0.810. The maximum absolute atomic E-state index is 11.8. The zero-order valence-electron chi connectivity index (χ0n) is 9.20. The van der Waals surface area contributed by atoms with E-state index in [1.54, 1.807) is 4.57 Å². The molecule has 88 valence electrons. The standard InChI is InChI=1S/C11H15BrN2O2/c1-14-7-8(12)5-10(14)11(15)13-6-9-3-2-4-16-9/h5,7,9H,2-4,6H2,1H3,(H,13,15)/t9-/m1/s1. The van der Waals surface area contributed by atoms with E-state index in [2.05, 4.69) is 21.2 Å². The van der Waals surface area contributed by atoms with E-state index in [-0.39, 0.29) is 12.0 Å². The van der Waals surface area contributed by atoms with Gasteiger partial charge in [0, 0.05) is 30.9 Å². The quantitative estimate of drug-likeness (QED) is 0.919. The highest BCUT2D eigenvalue weighted by molar-refractivity contribution is 9.10. The van der Waals surface area contributed by atoms with Gasteiger partial charge in [0.2, 0.25) is 0 Å². The number of nitrogens with one attached hydrogen (secondary N) is 1. The van der Waals surface area contributed by atoms with Gasteiger partial charge in [-0.1, -0.05) is 0 Å². The van der Waals surface area contributed by atoms with Crippen molar-refractivity contribution in [1.29, 1.82) is 0 Å². The van der Waals surface area contributed by atoms with Crippen LogP contribution in [0.25, 0.3) is 0 Å². The summed E-state index contributed by atoms with van der Waals surface area (Å²) in [7, 11) is 1.85. The van der Waals surface area contributed by atoms with E-state index in [9.17, 15) is 4.79 Å². The third-order valence-corrected chi connectivity index (χ3v) is 3.15. The lowest BCUT2D eigenvalue weighted by Crippen LogP contribution is -2.32. The van der Waals surface area contributed by atoms with E-state index in [4.69, 9.17) is 4.74 Å². The monoisotopic (exact) mass is 286 g/mol. The first-order chi connectivity index (χ1) is 7.66. The lowest BCUT2D eigenvalue weighted by Gasteiger charge is -2.10. The van der Waals surface area contributed by atoms with Crippen molar-refractivity contribution in [3.05, 3.63) is 22.4 Å². The second kappa shape index (κ2) is 5.01. The van der Waals surface area contributed by atoms with E-state index in [1.165, 1.54) is 0 Å². The van der Waals surface area contributed by atoms with Crippen molar-refractivity contribution in [1.82, 2.24) is 9.88 Å². The van der Waals surface area contributed by atoms with Gasteiger partial charge in [-0.3, -0.25) is 4.79 Å². The van der Waals surface area contributed by atoms with Gasteiger partial charge in [0.1, 0.15) is 5.69 Å². The van der Waals surface area contributed by atoms with Crippen LogP contribution in [0, 0.1) is 0 Å². The fraction of sp³-hybridized carbons (Fsp3) is 0.545. The second-order valence-corrected chi connectivity index (χ2v) is 4.92. The molecule has 0 bridgehead atoms. The van der Waals surface area contributed by atoms with Gasteiger partial charge in [0.15, 0.2) is 0 Å². The number of hydrogen-bond donors (Lipinski definition) is 1. The molecule has 0 aliphatic carbocycles. The maximum atomic E-state index is 11.8. The Morgan fingerprint density at radius 3 is 3.12 bits per heavy atom. The zero-order valence-corrected chi connectivity index (χ0v) is 10.8. The van der Waals surface area contributed by atoms with Crippen LogP contribution in [0.5, 0.6) is 0 Å². The van der Waals surface area contributed by atoms with Gasteiger partial charge in [0.25, 0.3) is 5.91 Å². The van der Waals surface area contributed by atoms with Crippen molar-refractivity contribution in [2.75, 3.05) is 13.2 Å². The number of aromatic nitrogens is 1. The number of amides is 1. The van der Waals surface area contributed by atoms with Gasteiger partial charge in [0.05, 0.1) is 6.10 Å². The van der Waals surface area contributed by atoms with Gasteiger partial charge in [-0.15, -0.1) is 0 Å². The molecule has 1 saturated heterocycles. The van der Waals surface area contributed by atoms with Crippen molar-refractivity contribution in [3.8, 4) is 0 Å². The molecular formula is C11H15BrN2O2. The van der Waals surface area contributed by atoms with Crippen molar-refractivity contribution in [2.45, 2.75) is 18.9 Å². The first-order valence-corrected chi connectivity index (χ1v) is 6.18. The third-order valence-electron chi connectivity index (χ3n) is 2.72. The van der Waals surface area contributed by atoms with Gasteiger partial charge < -0.3 is 14.6 Å². The molecule has 0 radical (unpaired) electrons. The number of rotatable bonds is 3. The SMILES string of the molecule is Cn1cc(Br)cc1C(=O)NC[C@H]1CCCO1. The number of halogens is 1.